The molecule has 20 heavy (non-hydrogen) atoms. The average molecular weight is 264 g/mol. The highest BCUT2D eigenvalue weighted by atomic mass is 16.3. The Morgan fingerprint density at radius 3 is 2.50 bits per heavy atom. The standard InChI is InChI=1S/C19H20O/c1-2-3-7-18-17-8-5-4-6-14(17)9-10-15-11-12-16(20)13-19(15)18/h4-6,8-13,18,20H,2-3,7H2,1H3. The molecule has 0 aliphatic heterocycles. The van der Waals surface area contributed by atoms with Crippen molar-refractivity contribution in [1.29, 1.82) is 0 Å². The molecule has 1 unspecified atom stereocenters. The van der Waals surface area contributed by atoms with Crippen molar-refractivity contribution < 1.29 is 5.11 Å². The van der Waals surface area contributed by atoms with Crippen LogP contribution in [0.25, 0.3) is 12.2 Å². The summed E-state index contributed by atoms with van der Waals surface area (Å²) in [6.45, 7) is 2.23. The molecule has 0 fully saturated rings. The van der Waals surface area contributed by atoms with E-state index < -0.39 is 0 Å². The maximum atomic E-state index is 9.85. The van der Waals surface area contributed by atoms with Gasteiger partial charge in [0.2, 0.25) is 0 Å². The van der Waals surface area contributed by atoms with E-state index in [0.717, 1.165) is 6.42 Å². The van der Waals surface area contributed by atoms with Crippen molar-refractivity contribution in [2.24, 2.45) is 0 Å². The third-order valence-electron chi connectivity index (χ3n) is 4.11. The number of unbranched alkanes of at least 4 members (excludes halogenated alkanes) is 1. The summed E-state index contributed by atoms with van der Waals surface area (Å²) in [4.78, 5) is 0. The van der Waals surface area contributed by atoms with E-state index in [1.807, 2.05) is 12.1 Å². The lowest BCUT2D eigenvalue weighted by Gasteiger charge is -2.20. The minimum Gasteiger partial charge on any atom is -0.508 e. The van der Waals surface area contributed by atoms with Gasteiger partial charge in [-0.1, -0.05) is 62.2 Å². The van der Waals surface area contributed by atoms with Crippen LogP contribution in [0.5, 0.6) is 5.75 Å². The van der Waals surface area contributed by atoms with Crippen molar-refractivity contribution >= 4 is 12.2 Å². The fourth-order valence-electron chi connectivity index (χ4n) is 3.06. The third-order valence-corrected chi connectivity index (χ3v) is 4.11. The summed E-state index contributed by atoms with van der Waals surface area (Å²) in [7, 11) is 0. The number of phenols is 1. The monoisotopic (exact) mass is 264 g/mol. The van der Waals surface area contributed by atoms with Gasteiger partial charge in [-0.3, -0.25) is 0 Å². The number of benzene rings is 2. The first-order chi connectivity index (χ1) is 9.79. The molecule has 0 bridgehead atoms. The van der Waals surface area contributed by atoms with Crippen LogP contribution in [0.4, 0.5) is 0 Å². The van der Waals surface area contributed by atoms with Gasteiger partial charge in [-0.25, -0.2) is 0 Å². The average Bonchev–Trinajstić information content (AvgIpc) is 2.62. The van der Waals surface area contributed by atoms with Gasteiger partial charge in [-0.05, 0) is 40.8 Å². The summed E-state index contributed by atoms with van der Waals surface area (Å²) in [5, 5.41) is 9.85. The number of fused-ring (bicyclic) bond motifs is 2. The van der Waals surface area contributed by atoms with Crippen molar-refractivity contribution in [3.63, 3.8) is 0 Å². The fraction of sp³-hybridized carbons (Fsp3) is 0.263. The Morgan fingerprint density at radius 2 is 1.70 bits per heavy atom. The summed E-state index contributed by atoms with van der Waals surface area (Å²) < 4.78 is 0. The van der Waals surface area contributed by atoms with E-state index in [-0.39, 0.29) is 0 Å². The normalized spacial score (nSPS) is 16.4. The van der Waals surface area contributed by atoms with Crippen molar-refractivity contribution in [2.45, 2.75) is 32.1 Å². The minimum atomic E-state index is 0.359. The van der Waals surface area contributed by atoms with E-state index in [2.05, 4.69) is 43.3 Å². The van der Waals surface area contributed by atoms with Gasteiger partial charge in [0.25, 0.3) is 0 Å². The van der Waals surface area contributed by atoms with Crippen LogP contribution in [0.2, 0.25) is 0 Å². The maximum absolute atomic E-state index is 9.85. The van der Waals surface area contributed by atoms with Crippen LogP contribution < -0.4 is 0 Å². The zero-order valence-corrected chi connectivity index (χ0v) is 11.8. The molecule has 2 aromatic carbocycles. The van der Waals surface area contributed by atoms with Gasteiger partial charge in [0.05, 0.1) is 0 Å². The topological polar surface area (TPSA) is 20.2 Å². The Bertz CT molecular complexity index is 640. The predicted octanol–water partition coefficient (Wildman–Crippen LogP) is 5.20. The fourth-order valence-corrected chi connectivity index (χ4v) is 3.06. The van der Waals surface area contributed by atoms with Crippen molar-refractivity contribution in [1.82, 2.24) is 0 Å². The van der Waals surface area contributed by atoms with Gasteiger partial charge in [-0.15, -0.1) is 0 Å². The molecule has 3 rings (SSSR count). The number of hydrogen-bond acceptors (Lipinski definition) is 1. The van der Waals surface area contributed by atoms with E-state index in [1.54, 1.807) is 6.07 Å². The Balaban J connectivity index is 2.15. The Kier molecular flexibility index (Phi) is 3.60. The summed E-state index contributed by atoms with van der Waals surface area (Å²) in [6.07, 6.45) is 7.89. The van der Waals surface area contributed by atoms with E-state index in [4.69, 9.17) is 0 Å². The van der Waals surface area contributed by atoms with Crippen molar-refractivity contribution in [3.8, 4) is 5.75 Å². The SMILES string of the molecule is CCCCC1c2ccccc2C=Cc2ccc(O)cc21. The van der Waals surface area contributed by atoms with Crippen LogP contribution in [0, 0.1) is 0 Å². The molecule has 0 saturated heterocycles. The highest BCUT2D eigenvalue weighted by Gasteiger charge is 2.21. The van der Waals surface area contributed by atoms with Crippen LogP contribution in [-0.2, 0) is 0 Å². The molecule has 1 N–H and O–H groups in total. The quantitative estimate of drug-likeness (QED) is 0.808. The minimum absolute atomic E-state index is 0.359. The molecule has 0 saturated carbocycles. The van der Waals surface area contributed by atoms with Gasteiger partial charge >= 0.3 is 0 Å². The molecule has 2 aromatic rings. The van der Waals surface area contributed by atoms with E-state index in [0.29, 0.717) is 11.7 Å². The van der Waals surface area contributed by atoms with Gasteiger partial charge in [0.1, 0.15) is 5.75 Å². The molecule has 0 aromatic heterocycles. The van der Waals surface area contributed by atoms with Crippen molar-refractivity contribution in [2.75, 3.05) is 0 Å². The second-order valence-corrected chi connectivity index (χ2v) is 5.47. The molecule has 1 nitrogen and oxygen atoms in total. The molecule has 1 aliphatic rings. The highest BCUT2D eigenvalue weighted by molar-refractivity contribution is 5.76. The zero-order valence-electron chi connectivity index (χ0n) is 11.8. The van der Waals surface area contributed by atoms with Crippen LogP contribution in [0.3, 0.4) is 0 Å². The molecular formula is C19H20O. The molecule has 102 valence electrons. The summed E-state index contributed by atoms with van der Waals surface area (Å²) >= 11 is 0. The molecule has 1 aliphatic carbocycles. The van der Waals surface area contributed by atoms with Gasteiger partial charge < -0.3 is 5.11 Å². The number of rotatable bonds is 3. The maximum Gasteiger partial charge on any atom is 0.115 e. The van der Waals surface area contributed by atoms with Gasteiger partial charge in [0, 0.05) is 5.92 Å². The number of hydrogen-bond donors (Lipinski definition) is 1. The Labute approximate surface area is 120 Å². The largest absolute Gasteiger partial charge is 0.508 e. The third kappa shape index (κ3) is 2.36. The second-order valence-electron chi connectivity index (χ2n) is 5.47. The van der Waals surface area contributed by atoms with E-state index in [1.165, 1.54) is 35.1 Å². The van der Waals surface area contributed by atoms with Crippen LogP contribution in [0.1, 0.15) is 54.4 Å². The first-order valence-electron chi connectivity index (χ1n) is 7.39. The smallest absolute Gasteiger partial charge is 0.115 e. The van der Waals surface area contributed by atoms with Crippen LogP contribution in [0.15, 0.2) is 42.5 Å². The molecular weight excluding hydrogens is 244 g/mol. The first-order valence-corrected chi connectivity index (χ1v) is 7.39. The predicted molar refractivity (Wildman–Crippen MR) is 84.8 cm³/mol. The van der Waals surface area contributed by atoms with Crippen LogP contribution >= 0.6 is 0 Å². The lowest BCUT2D eigenvalue weighted by Crippen LogP contribution is -2.04. The second kappa shape index (κ2) is 5.54. The number of aromatic hydroxyl groups is 1. The Morgan fingerprint density at radius 1 is 0.950 bits per heavy atom. The first kappa shape index (κ1) is 13.0. The van der Waals surface area contributed by atoms with E-state index in [9.17, 15) is 5.11 Å². The Hall–Kier alpha value is -2.02. The van der Waals surface area contributed by atoms with Gasteiger partial charge in [-0.2, -0.15) is 0 Å². The summed E-state index contributed by atoms with van der Waals surface area (Å²) in [5.41, 5.74) is 5.14. The molecule has 0 radical (unpaired) electrons. The highest BCUT2D eigenvalue weighted by Crippen LogP contribution is 2.38. The van der Waals surface area contributed by atoms with Gasteiger partial charge in [0.15, 0.2) is 0 Å². The zero-order chi connectivity index (χ0) is 13.9. The molecule has 0 amide bonds. The van der Waals surface area contributed by atoms with Crippen molar-refractivity contribution in [3.05, 3.63) is 64.7 Å². The summed E-state index contributed by atoms with van der Waals surface area (Å²) in [6, 6.07) is 14.3. The molecule has 1 atom stereocenters. The molecule has 0 spiro atoms. The number of phenolic OH excluding ortho intramolecular Hbond substituents is 1. The summed E-state index contributed by atoms with van der Waals surface area (Å²) in [5.74, 6) is 0.737. The van der Waals surface area contributed by atoms with E-state index >= 15 is 0 Å². The lowest BCUT2D eigenvalue weighted by atomic mass is 9.84. The molecule has 1 heteroatoms. The molecule has 0 heterocycles. The van der Waals surface area contributed by atoms with Crippen LogP contribution in [-0.4, -0.2) is 5.11 Å². The lowest BCUT2D eigenvalue weighted by molar-refractivity contribution is 0.473.